The molecule has 0 aromatic heterocycles. The SMILES string of the molecule is C=CCOC=C.CC(=O)O. The number of carbonyl (C=O) groups is 1. The summed E-state index contributed by atoms with van der Waals surface area (Å²) in [7, 11) is 0. The molecule has 10 heavy (non-hydrogen) atoms. The minimum atomic E-state index is -0.833. The lowest BCUT2D eigenvalue weighted by Crippen LogP contribution is -1.78. The molecule has 1 N–H and O–H groups in total. The lowest BCUT2D eigenvalue weighted by atomic mass is 10.7. The van der Waals surface area contributed by atoms with Crippen LogP contribution in [0.15, 0.2) is 25.5 Å². The highest BCUT2D eigenvalue weighted by Gasteiger charge is 1.65. The van der Waals surface area contributed by atoms with Crippen molar-refractivity contribution in [3.05, 3.63) is 25.5 Å². The van der Waals surface area contributed by atoms with Crippen LogP contribution >= 0.6 is 0 Å². The van der Waals surface area contributed by atoms with Crippen molar-refractivity contribution in [1.29, 1.82) is 0 Å². The highest BCUT2D eigenvalue weighted by molar-refractivity contribution is 5.62. The Morgan fingerprint density at radius 1 is 1.70 bits per heavy atom. The van der Waals surface area contributed by atoms with Gasteiger partial charge in [0.05, 0.1) is 6.26 Å². The Labute approximate surface area is 60.6 Å². The molecule has 3 heteroatoms. The fourth-order valence-corrected chi connectivity index (χ4v) is 0.136. The third kappa shape index (κ3) is 72.9. The second-order valence-electron chi connectivity index (χ2n) is 1.31. The summed E-state index contributed by atoms with van der Waals surface area (Å²) < 4.78 is 4.63. The first-order chi connectivity index (χ1) is 4.65. The van der Waals surface area contributed by atoms with Crippen molar-refractivity contribution in [1.82, 2.24) is 0 Å². The average Bonchev–Trinajstić information content (AvgIpc) is 1.82. The molecule has 0 bridgehead atoms. The van der Waals surface area contributed by atoms with Crippen LogP contribution in [-0.2, 0) is 9.53 Å². The van der Waals surface area contributed by atoms with Crippen molar-refractivity contribution in [3.63, 3.8) is 0 Å². The van der Waals surface area contributed by atoms with Gasteiger partial charge in [0.25, 0.3) is 5.97 Å². The number of ether oxygens (including phenoxy) is 1. The van der Waals surface area contributed by atoms with E-state index in [-0.39, 0.29) is 0 Å². The van der Waals surface area contributed by atoms with E-state index < -0.39 is 5.97 Å². The Kier molecular flexibility index (Phi) is 12.3. The summed E-state index contributed by atoms with van der Waals surface area (Å²) in [5, 5.41) is 7.42. The third-order valence-electron chi connectivity index (χ3n) is 0.332. The first-order valence-electron chi connectivity index (χ1n) is 2.68. The maximum atomic E-state index is 9.00. The summed E-state index contributed by atoms with van der Waals surface area (Å²) in [6.07, 6.45) is 3.06. The highest BCUT2D eigenvalue weighted by Crippen LogP contribution is 1.69. The van der Waals surface area contributed by atoms with Crippen molar-refractivity contribution in [2.24, 2.45) is 0 Å². The van der Waals surface area contributed by atoms with Crippen LogP contribution in [0.25, 0.3) is 0 Å². The molecule has 0 saturated heterocycles. The Balaban J connectivity index is 0. The normalized spacial score (nSPS) is 6.50. The number of hydrogen-bond acceptors (Lipinski definition) is 2. The predicted molar refractivity (Wildman–Crippen MR) is 39.7 cm³/mol. The van der Waals surface area contributed by atoms with Crippen LogP contribution in [0.5, 0.6) is 0 Å². The van der Waals surface area contributed by atoms with Gasteiger partial charge in [-0.3, -0.25) is 4.79 Å². The maximum Gasteiger partial charge on any atom is 0.300 e. The van der Waals surface area contributed by atoms with Gasteiger partial charge in [0.15, 0.2) is 0 Å². The number of rotatable bonds is 3. The molecule has 0 aromatic rings. The van der Waals surface area contributed by atoms with Gasteiger partial charge in [-0.2, -0.15) is 0 Å². The van der Waals surface area contributed by atoms with Gasteiger partial charge >= 0.3 is 0 Å². The molecular weight excluding hydrogens is 132 g/mol. The van der Waals surface area contributed by atoms with E-state index in [9.17, 15) is 0 Å². The average molecular weight is 144 g/mol. The topological polar surface area (TPSA) is 46.5 Å². The molecule has 0 radical (unpaired) electrons. The van der Waals surface area contributed by atoms with Gasteiger partial charge < -0.3 is 9.84 Å². The lowest BCUT2D eigenvalue weighted by molar-refractivity contribution is -0.134. The molecule has 0 atom stereocenters. The van der Waals surface area contributed by atoms with Crippen molar-refractivity contribution >= 4 is 5.97 Å². The first-order valence-corrected chi connectivity index (χ1v) is 2.68. The van der Waals surface area contributed by atoms with Gasteiger partial charge in [0.2, 0.25) is 0 Å². The van der Waals surface area contributed by atoms with E-state index in [1.54, 1.807) is 6.08 Å². The second-order valence-corrected chi connectivity index (χ2v) is 1.31. The summed E-state index contributed by atoms with van der Waals surface area (Å²) in [6, 6.07) is 0. The Morgan fingerprint density at radius 3 is 2.20 bits per heavy atom. The summed E-state index contributed by atoms with van der Waals surface area (Å²) >= 11 is 0. The molecule has 0 aliphatic heterocycles. The molecule has 0 aromatic carbocycles. The van der Waals surface area contributed by atoms with Crippen LogP contribution in [0.1, 0.15) is 6.92 Å². The molecule has 0 rings (SSSR count). The van der Waals surface area contributed by atoms with Crippen LogP contribution in [0.3, 0.4) is 0 Å². The second kappa shape index (κ2) is 10.7. The van der Waals surface area contributed by atoms with Gasteiger partial charge in [-0.25, -0.2) is 0 Å². The van der Waals surface area contributed by atoms with Gasteiger partial charge in [0.1, 0.15) is 6.61 Å². The first kappa shape index (κ1) is 11.5. The molecule has 3 nitrogen and oxygen atoms in total. The molecule has 0 aliphatic carbocycles. The standard InChI is InChI=1S/C5H8O.C2H4O2/c1-3-5-6-4-2;1-2(3)4/h3-4H,1-2,5H2;1H3,(H,3,4). The fourth-order valence-electron chi connectivity index (χ4n) is 0.136. The Hall–Kier alpha value is -1.25. The summed E-state index contributed by atoms with van der Waals surface area (Å²) in [4.78, 5) is 9.00. The van der Waals surface area contributed by atoms with Gasteiger partial charge in [0, 0.05) is 6.92 Å². The van der Waals surface area contributed by atoms with Crippen LogP contribution in [-0.4, -0.2) is 17.7 Å². The zero-order valence-electron chi connectivity index (χ0n) is 6.04. The minimum absolute atomic E-state index is 0.559. The van der Waals surface area contributed by atoms with Crippen molar-refractivity contribution in [2.75, 3.05) is 6.61 Å². The molecule has 0 fully saturated rings. The number of hydrogen-bond donors (Lipinski definition) is 1. The van der Waals surface area contributed by atoms with E-state index in [0.717, 1.165) is 6.92 Å². The van der Waals surface area contributed by atoms with Gasteiger partial charge in [-0.05, 0) is 0 Å². The van der Waals surface area contributed by atoms with Crippen molar-refractivity contribution < 1.29 is 14.6 Å². The summed E-state index contributed by atoms with van der Waals surface area (Å²) in [5.41, 5.74) is 0. The van der Waals surface area contributed by atoms with Crippen molar-refractivity contribution in [2.45, 2.75) is 6.92 Å². The number of carboxylic acids is 1. The van der Waals surface area contributed by atoms with E-state index in [1.807, 2.05) is 0 Å². The van der Waals surface area contributed by atoms with Crippen LogP contribution in [0.2, 0.25) is 0 Å². The third-order valence-corrected chi connectivity index (χ3v) is 0.332. The van der Waals surface area contributed by atoms with Crippen LogP contribution < -0.4 is 0 Å². The Morgan fingerprint density at radius 2 is 2.10 bits per heavy atom. The van der Waals surface area contributed by atoms with E-state index >= 15 is 0 Å². The largest absolute Gasteiger partial charge is 0.498 e. The molecule has 58 valence electrons. The van der Waals surface area contributed by atoms with Crippen LogP contribution in [0, 0.1) is 0 Å². The van der Waals surface area contributed by atoms with E-state index in [1.165, 1.54) is 6.26 Å². The number of carboxylic acid groups (broad SMARTS) is 1. The smallest absolute Gasteiger partial charge is 0.300 e. The Bertz CT molecular complexity index is 95.4. The molecule has 0 saturated carbocycles. The fraction of sp³-hybridized carbons (Fsp3) is 0.286. The molecule has 0 amide bonds. The van der Waals surface area contributed by atoms with E-state index in [4.69, 9.17) is 9.90 Å². The molecule has 0 aliphatic rings. The molecule has 0 unspecified atom stereocenters. The molecular formula is C7H12O3. The predicted octanol–water partition coefficient (Wildman–Crippen LogP) is 1.42. The van der Waals surface area contributed by atoms with Crippen molar-refractivity contribution in [3.8, 4) is 0 Å². The van der Waals surface area contributed by atoms with Gasteiger partial charge in [-0.15, -0.1) is 0 Å². The summed E-state index contributed by atoms with van der Waals surface area (Å²) in [5.74, 6) is -0.833. The molecule has 0 heterocycles. The van der Waals surface area contributed by atoms with Crippen LogP contribution in [0.4, 0.5) is 0 Å². The highest BCUT2D eigenvalue weighted by atomic mass is 16.5. The monoisotopic (exact) mass is 144 g/mol. The number of aliphatic carboxylic acids is 1. The zero-order valence-corrected chi connectivity index (χ0v) is 6.04. The molecule has 0 spiro atoms. The minimum Gasteiger partial charge on any atom is -0.498 e. The lowest BCUT2D eigenvalue weighted by Gasteiger charge is -1.86. The zero-order chi connectivity index (χ0) is 8.41. The van der Waals surface area contributed by atoms with E-state index in [2.05, 4.69) is 17.9 Å². The maximum absolute atomic E-state index is 9.00. The van der Waals surface area contributed by atoms with Gasteiger partial charge in [-0.1, -0.05) is 19.2 Å². The van der Waals surface area contributed by atoms with E-state index in [0.29, 0.717) is 6.61 Å². The quantitative estimate of drug-likeness (QED) is 0.370. The summed E-state index contributed by atoms with van der Waals surface area (Å²) in [6.45, 7) is 8.40.